The number of fused-ring (bicyclic) bond motifs is 1. The molecule has 1 fully saturated rings. The van der Waals surface area contributed by atoms with E-state index in [9.17, 15) is 27.2 Å². The lowest BCUT2D eigenvalue weighted by molar-refractivity contribution is -0.461. The highest BCUT2D eigenvalue weighted by molar-refractivity contribution is 5.93. The second-order valence-electron chi connectivity index (χ2n) is 8.76. The molecule has 0 aliphatic carbocycles. The van der Waals surface area contributed by atoms with Crippen LogP contribution >= 0.6 is 0 Å². The fourth-order valence-electron chi connectivity index (χ4n) is 4.21. The quantitative estimate of drug-likeness (QED) is 0.593. The molecule has 0 saturated carbocycles. The normalized spacial score (nSPS) is 19.0. The molecule has 8 nitrogen and oxygen atoms in total. The van der Waals surface area contributed by atoms with Crippen molar-refractivity contribution < 1.29 is 36.6 Å². The van der Waals surface area contributed by atoms with Crippen molar-refractivity contribution in [1.82, 2.24) is 9.80 Å². The Kier molecular flexibility index (Phi) is 7.10. The average Bonchev–Trinajstić information content (AvgIpc) is 3.01. The summed E-state index contributed by atoms with van der Waals surface area (Å²) in [6, 6.07) is 8.18. The molecule has 0 aromatic heterocycles. The Balaban J connectivity index is 1.33. The average molecular weight is 510 g/mol. The topological polar surface area (TPSA) is 83.1 Å². The third kappa shape index (κ3) is 5.88. The summed E-state index contributed by atoms with van der Waals surface area (Å²) < 4.78 is 62.0. The zero-order valence-corrected chi connectivity index (χ0v) is 19.7. The molecule has 194 valence electrons. The Labute approximate surface area is 205 Å². The van der Waals surface area contributed by atoms with Crippen LogP contribution in [0.15, 0.2) is 36.4 Å². The molecule has 2 aromatic carbocycles. The molecule has 2 aliphatic heterocycles. The van der Waals surface area contributed by atoms with Gasteiger partial charge in [0.15, 0.2) is 0 Å². The minimum atomic E-state index is -4.46. The zero-order valence-electron chi connectivity index (χ0n) is 19.7. The number of para-hydroxylation sites is 1. The van der Waals surface area contributed by atoms with E-state index in [2.05, 4.69) is 20.1 Å². The molecule has 2 aliphatic rings. The van der Waals surface area contributed by atoms with Crippen LogP contribution in [0, 0.1) is 13.8 Å². The van der Waals surface area contributed by atoms with Gasteiger partial charge in [0, 0.05) is 37.6 Å². The first-order valence-electron chi connectivity index (χ1n) is 11.4. The molecule has 12 heteroatoms. The van der Waals surface area contributed by atoms with Crippen molar-refractivity contribution in [2.45, 2.75) is 32.7 Å². The predicted molar refractivity (Wildman–Crippen MR) is 123 cm³/mol. The number of halogens is 4. The molecular formula is C24H26F4N4O4. The molecule has 2 aromatic rings. The molecule has 3 amide bonds. The summed E-state index contributed by atoms with van der Waals surface area (Å²) in [7, 11) is 0. The largest absolute Gasteiger partial charge is 0.540 e. The Hall–Kier alpha value is -3.38. The van der Waals surface area contributed by atoms with E-state index in [-0.39, 0.29) is 18.1 Å². The number of rotatable bonds is 4. The maximum atomic E-state index is 14.0. The van der Waals surface area contributed by atoms with Crippen LogP contribution in [-0.2, 0) is 15.6 Å². The Morgan fingerprint density at radius 1 is 0.972 bits per heavy atom. The maximum absolute atomic E-state index is 14.0. The number of hydrogen-bond donors (Lipinski definition) is 2. The summed E-state index contributed by atoms with van der Waals surface area (Å²) >= 11 is 0. The number of carbonyl (C=O) groups is 2. The molecular weight excluding hydrogens is 484 g/mol. The fourth-order valence-corrected chi connectivity index (χ4v) is 4.21. The molecule has 2 N–H and O–H groups in total. The number of carbonyl (C=O) groups excluding carboxylic acids is 2. The third-order valence-electron chi connectivity index (χ3n) is 6.01. The van der Waals surface area contributed by atoms with E-state index in [1.54, 1.807) is 0 Å². The molecule has 0 spiro atoms. The highest BCUT2D eigenvalue weighted by Crippen LogP contribution is 2.46. The van der Waals surface area contributed by atoms with Gasteiger partial charge in [-0.25, -0.2) is 9.53 Å². The summed E-state index contributed by atoms with van der Waals surface area (Å²) in [5.41, 5.74) is 1.78. The van der Waals surface area contributed by atoms with Gasteiger partial charge in [-0.1, -0.05) is 18.2 Å². The van der Waals surface area contributed by atoms with Gasteiger partial charge in [0.05, 0.1) is 12.1 Å². The number of alkyl halides is 4. The standard InChI is InChI=1S/C24H26F4N4O4/c1-15-5-3-6-16(2)21(15)30-20(33)14-31-9-4-10-32(12-11-31)22(34)29-17-7-8-19-18(13-17)23(25,26)36-24(27,28)35-19/h3,5-8,13H,4,9-12,14H2,1-2H3,(H,29,34)(H,30,33). The number of aryl methyl sites for hydroxylation is 2. The van der Waals surface area contributed by atoms with Crippen LogP contribution < -0.4 is 15.4 Å². The molecule has 4 rings (SSSR count). The smallest absolute Gasteiger partial charge is 0.409 e. The zero-order chi connectivity index (χ0) is 26.1. The second kappa shape index (κ2) is 9.94. The SMILES string of the molecule is Cc1cccc(C)c1NC(=O)CN1CCCN(C(=O)Nc2ccc3c(c2)C(F)(F)OC(F)(F)O3)CC1. The minimum absolute atomic E-state index is 0.0232. The molecule has 2 heterocycles. The van der Waals surface area contributed by atoms with E-state index in [1.807, 2.05) is 36.9 Å². The lowest BCUT2D eigenvalue weighted by atomic mass is 10.1. The van der Waals surface area contributed by atoms with Crippen molar-refractivity contribution >= 4 is 23.3 Å². The Morgan fingerprint density at radius 2 is 1.69 bits per heavy atom. The predicted octanol–water partition coefficient (Wildman–Crippen LogP) is 4.49. The van der Waals surface area contributed by atoms with Gasteiger partial charge in [-0.2, -0.15) is 8.78 Å². The van der Waals surface area contributed by atoms with Crippen LogP contribution in [0.4, 0.5) is 33.7 Å². The van der Waals surface area contributed by atoms with Crippen molar-refractivity contribution in [2.24, 2.45) is 0 Å². The summed E-state index contributed by atoms with van der Waals surface area (Å²) in [4.78, 5) is 28.8. The van der Waals surface area contributed by atoms with Crippen molar-refractivity contribution in [3.63, 3.8) is 0 Å². The molecule has 0 unspecified atom stereocenters. The van der Waals surface area contributed by atoms with E-state index >= 15 is 0 Å². The number of ether oxygens (including phenoxy) is 2. The number of anilines is 2. The summed E-state index contributed by atoms with van der Waals surface area (Å²) in [6.07, 6.45) is -8.16. The fraction of sp³-hybridized carbons (Fsp3) is 0.417. The van der Waals surface area contributed by atoms with E-state index < -0.39 is 29.7 Å². The Morgan fingerprint density at radius 3 is 2.42 bits per heavy atom. The monoisotopic (exact) mass is 510 g/mol. The van der Waals surface area contributed by atoms with E-state index in [4.69, 9.17) is 0 Å². The van der Waals surface area contributed by atoms with Crippen molar-refractivity contribution in [2.75, 3.05) is 43.4 Å². The van der Waals surface area contributed by atoms with E-state index in [0.717, 1.165) is 28.9 Å². The van der Waals surface area contributed by atoms with Gasteiger partial charge in [0.1, 0.15) is 5.75 Å². The molecule has 0 radical (unpaired) electrons. The van der Waals surface area contributed by atoms with Gasteiger partial charge >= 0.3 is 18.4 Å². The highest BCUT2D eigenvalue weighted by atomic mass is 19.3. The van der Waals surface area contributed by atoms with Crippen LogP contribution in [0.25, 0.3) is 0 Å². The first-order chi connectivity index (χ1) is 16.9. The molecule has 1 saturated heterocycles. The maximum Gasteiger partial charge on any atom is 0.540 e. The van der Waals surface area contributed by atoms with Gasteiger partial charge in [-0.15, -0.1) is 8.78 Å². The van der Waals surface area contributed by atoms with Gasteiger partial charge in [-0.3, -0.25) is 9.69 Å². The van der Waals surface area contributed by atoms with Crippen molar-refractivity contribution in [3.8, 4) is 5.75 Å². The molecule has 0 atom stereocenters. The first kappa shape index (κ1) is 25.7. The van der Waals surface area contributed by atoms with Crippen molar-refractivity contribution in [3.05, 3.63) is 53.1 Å². The van der Waals surface area contributed by atoms with Gasteiger partial charge in [-0.05, 0) is 49.6 Å². The number of hydrogen-bond acceptors (Lipinski definition) is 5. The summed E-state index contributed by atoms with van der Waals surface area (Å²) in [6.45, 7) is 5.73. The van der Waals surface area contributed by atoms with Crippen LogP contribution in [-0.4, -0.2) is 60.8 Å². The minimum Gasteiger partial charge on any atom is -0.409 e. The number of nitrogens with zero attached hydrogens (tertiary/aromatic N) is 2. The second-order valence-corrected chi connectivity index (χ2v) is 8.76. The number of urea groups is 1. The molecule has 36 heavy (non-hydrogen) atoms. The Bertz CT molecular complexity index is 1140. The lowest BCUT2D eigenvalue weighted by Crippen LogP contribution is -2.41. The van der Waals surface area contributed by atoms with Crippen LogP contribution in [0.3, 0.4) is 0 Å². The van der Waals surface area contributed by atoms with E-state index in [0.29, 0.717) is 32.6 Å². The third-order valence-corrected chi connectivity index (χ3v) is 6.01. The molecule has 0 bridgehead atoms. The number of nitrogens with one attached hydrogen (secondary N) is 2. The van der Waals surface area contributed by atoms with Crippen LogP contribution in [0.5, 0.6) is 5.75 Å². The number of benzene rings is 2. The summed E-state index contributed by atoms with van der Waals surface area (Å²) in [5.74, 6) is -0.894. The highest BCUT2D eigenvalue weighted by Gasteiger charge is 2.54. The van der Waals surface area contributed by atoms with E-state index in [1.165, 1.54) is 11.0 Å². The van der Waals surface area contributed by atoms with Gasteiger partial charge < -0.3 is 20.3 Å². The van der Waals surface area contributed by atoms with Crippen LogP contribution in [0.1, 0.15) is 23.1 Å². The van der Waals surface area contributed by atoms with Crippen molar-refractivity contribution in [1.29, 1.82) is 0 Å². The van der Waals surface area contributed by atoms with Crippen LogP contribution in [0.2, 0.25) is 0 Å². The number of amides is 3. The first-order valence-corrected chi connectivity index (χ1v) is 11.4. The lowest BCUT2D eigenvalue weighted by Gasteiger charge is -2.30. The van der Waals surface area contributed by atoms with Gasteiger partial charge in [0.2, 0.25) is 5.91 Å². The van der Waals surface area contributed by atoms with Gasteiger partial charge in [0.25, 0.3) is 0 Å². The summed E-state index contributed by atoms with van der Waals surface area (Å²) in [5, 5.41) is 5.45.